The van der Waals surface area contributed by atoms with Gasteiger partial charge in [0.2, 0.25) is 5.91 Å². The van der Waals surface area contributed by atoms with Crippen LogP contribution < -0.4 is 5.32 Å². The summed E-state index contributed by atoms with van der Waals surface area (Å²) in [7, 11) is 1.55. The van der Waals surface area contributed by atoms with Crippen LogP contribution in [-0.2, 0) is 11.8 Å². The van der Waals surface area contributed by atoms with Gasteiger partial charge >= 0.3 is 5.82 Å². The van der Waals surface area contributed by atoms with E-state index in [4.69, 9.17) is 0 Å². The van der Waals surface area contributed by atoms with Crippen molar-refractivity contribution in [1.29, 1.82) is 0 Å². The molecule has 0 fully saturated rings. The molecule has 70 valence electrons. The first kappa shape index (κ1) is 9.24. The van der Waals surface area contributed by atoms with Crippen molar-refractivity contribution in [1.82, 2.24) is 4.57 Å². The van der Waals surface area contributed by atoms with E-state index < -0.39 is 4.92 Å². The van der Waals surface area contributed by atoms with Gasteiger partial charge in [-0.3, -0.25) is 4.79 Å². The number of amides is 1. The largest absolute Gasteiger partial charge is 0.358 e. The van der Waals surface area contributed by atoms with E-state index in [1.165, 1.54) is 23.8 Å². The van der Waals surface area contributed by atoms with E-state index in [-0.39, 0.29) is 17.4 Å². The van der Waals surface area contributed by atoms with Crippen molar-refractivity contribution in [2.75, 3.05) is 5.32 Å². The Morgan fingerprint density at radius 3 is 2.77 bits per heavy atom. The van der Waals surface area contributed by atoms with Crippen molar-refractivity contribution in [2.24, 2.45) is 7.05 Å². The molecule has 1 heterocycles. The van der Waals surface area contributed by atoms with Crippen LogP contribution in [0.25, 0.3) is 0 Å². The van der Waals surface area contributed by atoms with Crippen molar-refractivity contribution < 1.29 is 9.72 Å². The first-order valence-electron chi connectivity index (χ1n) is 3.59. The predicted octanol–water partition coefficient (Wildman–Crippen LogP) is 0.892. The fraction of sp³-hybridized carbons (Fsp3) is 0.286. The maximum atomic E-state index is 10.7. The molecule has 0 bridgehead atoms. The van der Waals surface area contributed by atoms with Crippen LogP contribution in [0, 0.1) is 10.1 Å². The Bertz CT molecular complexity index is 356. The molecule has 1 aromatic heterocycles. The second-order valence-electron chi connectivity index (χ2n) is 2.60. The summed E-state index contributed by atoms with van der Waals surface area (Å²) in [4.78, 5) is 20.6. The van der Waals surface area contributed by atoms with E-state index in [1.54, 1.807) is 7.05 Å². The molecular weight excluding hydrogens is 174 g/mol. The first-order valence-corrected chi connectivity index (χ1v) is 3.59. The SMILES string of the molecule is CC(=O)Nc1ccn(C)c1[N+](=O)[O-]. The van der Waals surface area contributed by atoms with Gasteiger partial charge in [0.05, 0.1) is 13.2 Å². The summed E-state index contributed by atoms with van der Waals surface area (Å²) in [5, 5.41) is 12.9. The highest BCUT2D eigenvalue weighted by Gasteiger charge is 2.17. The number of nitrogens with one attached hydrogen (secondary N) is 1. The number of aryl methyl sites for hydroxylation is 1. The molecule has 0 aliphatic rings. The molecule has 1 N–H and O–H groups in total. The second kappa shape index (κ2) is 3.26. The number of aromatic nitrogens is 1. The van der Waals surface area contributed by atoms with Crippen LogP contribution >= 0.6 is 0 Å². The highest BCUT2D eigenvalue weighted by molar-refractivity contribution is 5.90. The maximum Gasteiger partial charge on any atom is 0.346 e. The standard InChI is InChI=1S/C7H9N3O3/c1-5(11)8-6-3-4-9(2)7(6)10(12)13/h3-4H,1-2H3,(H,8,11). The van der Waals surface area contributed by atoms with Crippen molar-refractivity contribution in [2.45, 2.75) is 6.92 Å². The van der Waals surface area contributed by atoms with Crippen LogP contribution in [0.15, 0.2) is 12.3 Å². The minimum absolute atomic E-state index is 0.116. The molecule has 0 spiro atoms. The van der Waals surface area contributed by atoms with Crippen LogP contribution in [0.2, 0.25) is 0 Å². The van der Waals surface area contributed by atoms with Crippen LogP contribution in [0.5, 0.6) is 0 Å². The van der Waals surface area contributed by atoms with Gasteiger partial charge in [-0.05, 0) is 4.92 Å². The molecule has 6 nitrogen and oxygen atoms in total. The highest BCUT2D eigenvalue weighted by Crippen LogP contribution is 2.23. The Labute approximate surface area is 74.3 Å². The number of hydrogen-bond donors (Lipinski definition) is 1. The first-order chi connectivity index (χ1) is 6.02. The van der Waals surface area contributed by atoms with Crippen LogP contribution in [0.1, 0.15) is 6.92 Å². The number of carbonyl (C=O) groups excluding carboxylic acids is 1. The molecule has 0 saturated carbocycles. The molecule has 0 aromatic carbocycles. The van der Waals surface area contributed by atoms with E-state index >= 15 is 0 Å². The zero-order valence-corrected chi connectivity index (χ0v) is 7.27. The third-order valence-corrected chi connectivity index (χ3v) is 1.52. The maximum absolute atomic E-state index is 10.7. The Balaban J connectivity index is 3.07. The molecule has 13 heavy (non-hydrogen) atoms. The molecular formula is C7H9N3O3. The number of carbonyl (C=O) groups is 1. The fourth-order valence-electron chi connectivity index (χ4n) is 1.04. The summed E-state index contributed by atoms with van der Waals surface area (Å²) < 4.78 is 1.34. The summed E-state index contributed by atoms with van der Waals surface area (Å²) >= 11 is 0. The van der Waals surface area contributed by atoms with Gasteiger partial charge in [-0.2, -0.15) is 0 Å². The second-order valence-corrected chi connectivity index (χ2v) is 2.60. The third kappa shape index (κ3) is 1.84. The lowest BCUT2D eigenvalue weighted by Crippen LogP contribution is -2.07. The number of nitrogens with zero attached hydrogens (tertiary/aromatic N) is 2. The van der Waals surface area contributed by atoms with Gasteiger partial charge in [0.1, 0.15) is 5.69 Å². The van der Waals surface area contributed by atoms with Gasteiger partial charge in [0.15, 0.2) is 0 Å². The van der Waals surface area contributed by atoms with Crippen LogP contribution in [0.4, 0.5) is 11.5 Å². The van der Waals surface area contributed by atoms with E-state index in [1.807, 2.05) is 0 Å². The average molecular weight is 183 g/mol. The van der Waals surface area contributed by atoms with Crippen molar-refractivity contribution in [3.05, 3.63) is 22.4 Å². The Morgan fingerprint density at radius 1 is 1.69 bits per heavy atom. The fourth-order valence-corrected chi connectivity index (χ4v) is 1.04. The third-order valence-electron chi connectivity index (χ3n) is 1.52. The van der Waals surface area contributed by atoms with Crippen molar-refractivity contribution in [3.8, 4) is 0 Å². The van der Waals surface area contributed by atoms with E-state index in [2.05, 4.69) is 5.32 Å². The minimum atomic E-state index is -0.536. The highest BCUT2D eigenvalue weighted by atomic mass is 16.6. The number of anilines is 1. The quantitative estimate of drug-likeness (QED) is 0.546. The average Bonchev–Trinajstić information content (AvgIpc) is 2.30. The summed E-state index contributed by atoms with van der Waals surface area (Å²) in [5.74, 6) is -0.440. The van der Waals surface area contributed by atoms with Crippen molar-refractivity contribution >= 4 is 17.4 Å². The van der Waals surface area contributed by atoms with Gasteiger partial charge in [-0.25, -0.2) is 4.57 Å². The molecule has 6 heteroatoms. The number of rotatable bonds is 2. The Kier molecular flexibility index (Phi) is 2.32. The molecule has 0 aliphatic heterocycles. The summed E-state index contributed by atoms with van der Waals surface area (Å²) in [6, 6.07) is 1.49. The number of nitro groups is 1. The lowest BCUT2D eigenvalue weighted by Gasteiger charge is -2.00. The summed E-state index contributed by atoms with van der Waals surface area (Å²) in [6.45, 7) is 1.30. The molecule has 0 radical (unpaired) electrons. The minimum Gasteiger partial charge on any atom is -0.358 e. The normalized spacial score (nSPS) is 9.69. The molecule has 1 aromatic rings. The monoisotopic (exact) mass is 183 g/mol. The predicted molar refractivity (Wildman–Crippen MR) is 46.4 cm³/mol. The van der Waals surface area contributed by atoms with E-state index in [9.17, 15) is 14.9 Å². The van der Waals surface area contributed by atoms with Crippen LogP contribution in [0.3, 0.4) is 0 Å². The van der Waals surface area contributed by atoms with Gasteiger partial charge in [0, 0.05) is 13.0 Å². The Hall–Kier alpha value is -1.85. The lowest BCUT2D eigenvalue weighted by atomic mass is 10.4. The summed E-state index contributed by atoms with van der Waals surface area (Å²) in [5.41, 5.74) is 0.222. The van der Waals surface area contributed by atoms with Gasteiger partial charge in [-0.1, -0.05) is 0 Å². The smallest absolute Gasteiger partial charge is 0.346 e. The van der Waals surface area contributed by atoms with E-state index in [0.717, 1.165) is 0 Å². The zero-order valence-electron chi connectivity index (χ0n) is 7.27. The van der Waals surface area contributed by atoms with Gasteiger partial charge in [0.25, 0.3) is 0 Å². The van der Waals surface area contributed by atoms with Crippen molar-refractivity contribution in [3.63, 3.8) is 0 Å². The molecule has 0 saturated heterocycles. The van der Waals surface area contributed by atoms with E-state index in [0.29, 0.717) is 0 Å². The molecule has 0 atom stereocenters. The summed E-state index contributed by atoms with van der Waals surface area (Å²) in [6.07, 6.45) is 1.52. The zero-order chi connectivity index (χ0) is 10.0. The lowest BCUT2D eigenvalue weighted by molar-refractivity contribution is -0.390. The Morgan fingerprint density at radius 2 is 2.31 bits per heavy atom. The molecule has 0 aliphatic carbocycles. The van der Waals surface area contributed by atoms with Gasteiger partial charge < -0.3 is 15.4 Å². The van der Waals surface area contributed by atoms with Crippen LogP contribution in [-0.4, -0.2) is 15.4 Å². The van der Waals surface area contributed by atoms with Gasteiger partial charge in [-0.15, -0.1) is 0 Å². The molecule has 1 rings (SSSR count). The molecule has 0 unspecified atom stereocenters. The number of hydrogen-bond acceptors (Lipinski definition) is 3. The topological polar surface area (TPSA) is 77.2 Å². The molecule has 1 amide bonds.